The lowest BCUT2D eigenvalue weighted by atomic mass is 9.72. The minimum Gasteiger partial charge on any atom is -0.322 e. The van der Waals surface area contributed by atoms with Crippen LogP contribution in [0.1, 0.15) is 60.5 Å². The number of anilines is 1. The molecule has 1 atom stereocenters. The van der Waals surface area contributed by atoms with Gasteiger partial charge in [0.15, 0.2) is 0 Å². The third-order valence-corrected chi connectivity index (χ3v) is 6.36. The minimum atomic E-state index is -0.0358. The van der Waals surface area contributed by atoms with Crippen molar-refractivity contribution in [2.75, 3.05) is 18.4 Å². The Hall–Kier alpha value is -2.13. The van der Waals surface area contributed by atoms with E-state index in [0.29, 0.717) is 11.1 Å². The predicted molar refractivity (Wildman–Crippen MR) is 111 cm³/mol. The molecule has 1 spiro atoms. The van der Waals surface area contributed by atoms with E-state index in [4.69, 9.17) is 0 Å². The molecule has 3 nitrogen and oxygen atoms in total. The van der Waals surface area contributed by atoms with E-state index in [9.17, 15) is 4.79 Å². The summed E-state index contributed by atoms with van der Waals surface area (Å²) in [5.74, 6) is -0.0358. The zero-order chi connectivity index (χ0) is 18.7. The third-order valence-electron chi connectivity index (χ3n) is 6.36. The number of carbonyl (C=O) groups is 1. The van der Waals surface area contributed by atoms with Crippen LogP contribution in [0.5, 0.6) is 0 Å². The highest BCUT2D eigenvalue weighted by molar-refractivity contribution is 6.04. The average molecular weight is 363 g/mol. The van der Waals surface area contributed by atoms with Crippen LogP contribution in [-0.2, 0) is 12.8 Å². The topological polar surface area (TPSA) is 32.3 Å². The number of rotatable bonds is 4. The number of fused-ring (bicyclic) bond motifs is 1. The molecular formula is C24H30N2O. The molecule has 1 amide bonds. The van der Waals surface area contributed by atoms with Gasteiger partial charge in [-0.05, 0) is 87.0 Å². The molecule has 1 aliphatic heterocycles. The molecule has 1 heterocycles. The van der Waals surface area contributed by atoms with Crippen LogP contribution in [-0.4, -0.2) is 29.4 Å². The summed E-state index contributed by atoms with van der Waals surface area (Å²) in [7, 11) is 0. The Morgan fingerprint density at radius 1 is 1.07 bits per heavy atom. The number of benzene rings is 2. The molecule has 0 aromatic heterocycles. The summed E-state index contributed by atoms with van der Waals surface area (Å²) in [5.41, 5.74) is 4.84. The molecule has 3 heteroatoms. The quantitative estimate of drug-likeness (QED) is 0.824. The third kappa shape index (κ3) is 3.79. The number of nitrogens with zero attached hydrogens (tertiary/aromatic N) is 1. The van der Waals surface area contributed by atoms with E-state index in [1.165, 1.54) is 56.3 Å². The predicted octanol–water partition coefficient (Wildman–Crippen LogP) is 5.06. The molecule has 1 saturated heterocycles. The highest BCUT2D eigenvalue weighted by atomic mass is 16.1. The van der Waals surface area contributed by atoms with Crippen LogP contribution in [0.2, 0.25) is 0 Å². The smallest absolute Gasteiger partial charge is 0.255 e. The summed E-state index contributed by atoms with van der Waals surface area (Å²) in [6, 6.07) is 15.9. The molecule has 1 fully saturated rings. The second-order valence-electron chi connectivity index (χ2n) is 8.15. The number of likely N-dealkylation sites (tertiary alicyclic amines) is 1. The van der Waals surface area contributed by atoms with Gasteiger partial charge in [0.2, 0.25) is 0 Å². The number of carbonyl (C=O) groups excluding carboxylic acids is 1. The van der Waals surface area contributed by atoms with Crippen molar-refractivity contribution in [1.82, 2.24) is 4.90 Å². The van der Waals surface area contributed by atoms with Gasteiger partial charge in [-0.15, -0.1) is 0 Å². The van der Waals surface area contributed by atoms with Crippen molar-refractivity contribution in [2.45, 2.75) is 57.4 Å². The van der Waals surface area contributed by atoms with E-state index in [1.807, 2.05) is 30.3 Å². The van der Waals surface area contributed by atoms with Crippen LogP contribution in [0.3, 0.4) is 0 Å². The first kappa shape index (κ1) is 18.2. The SMILES string of the molecule is CCCN1CCCCC12CCc1ccc(NC(=O)c3ccccc3)cc1C2. The summed E-state index contributed by atoms with van der Waals surface area (Å²) >= 11 is 0. The van der Waals surface area contributed by atoms with Gasteiger partial charge in [0, 0.05) is 16.8 Å². The standard InChI is InChI=1S/C24H30N2O/c1-2-15-26-16-7-6-13-24(26)14-12-19-10-11-22(17-21(19)18-24)25-23(27)20-8-4-3-5-9-20/h3-5,8-11,17H,2,6-7,12-16,18H2,1H3,(H,25,27). The molecule has 142 valence electrons. The number of aryl methyl sites for hydroxylation is 1. The molecule has 0 saturated carbocycles. The highest BCUT2D eigenvalue weighted by Crippen LogP contribution is 2.40. The second kappa shape index (κ2) is 7.85. The van der Waals surface area contributed by atoms with Gasteiger partial charge in [-0.1, -0.05) is 37.6 Å². The van der Waals surface area contributed by atoms with Crippen LogP contribution in [0.25, 0.3) is 0 Å². The van der Waals surface area contributed by atoms with E-state index in [2.05, 4.69) is 35.3 Å². The summed E-state index contributed by atoms with van der Waals surface area (Å²) in [4.78, 5) is 15.3. The number of piperidine rings is 1. The number of hydrogen-bond acceptors (Lipinski definition) is 2. The Morgan fingerprint density at radius 3 is 2.74 bits per heavy atom. The molecule has 2 aliphatic rings. The lowest BCUT2D eigenvalue weighted by molar-refractivity contribution is 0.0341. The Kier molecular flexibility index (Phi) is 5.31. The monoisotopic (exact) mass is 362 g/mol. The molecule has 0 radical (unpaired) electrons. The molecule has 1 unspecified atom stereocenters. The van der Waals surface area contributed by atoms with Crippen molar-refractivity contribution in [3.8, 4) is 0 Å². The first-order chi connectivity index (χ1) is 13.2. The van der Waals surface area contributed by atoms with E-state index in [-0.39, 0.29) is 5.91 Å². The second-order valence-corrected chi connectivity index (χ2v) is 8.15. The van der Waals surface area contributed by atoms with Gasteiger partial charge in [-0.25, -0.2) is 0 Å². The Bertz CT molecular complexity index is 799. The van der Waals surface area contributed by atoms with Crippen LogP contribution in [0.4, 0.5) is 5.69 Å². The van der Waals surface area contributed by atoms with E-state index in [1.54, 1.807) is 0 Å². The minimum absolute atomic E-state index is 0.0358. The number of nitrogens with one attached hydrogen (secondary N) is 1. The van der Waals surface area contributed by atoms with Crippen molar-refractivity contribution in [1.29, 1.82) is 0 Å². The van der Waals surface area contributed by atoms with Gasteiger partial charge in [0.1, 0.15) is 0 Å². The highest BCUT2D eigenvalue weighted by Gasteiger charge is 2.40. The molecule has 27 heavy (non-hydrogen) atoms. The van der Waals surface area contributed by atoms with Crippen LogP contribution in [0, 0.1) is 0 Å². The summed E-state index contributed by atoms with van der Waals surface area (Å²) in [6.07, 6.45) is 8.77. The largest absolute Gasteiger partial charge is 0.322 e. The van der Waals surface area contributed by atoms with Crippen LogP contribution < -0.4 is 5.32 Å². The van der Waals surface area contributed by atoms with Crippen molar-refractivity contribution in [3.05, 3.63) is 65.2 Å². The maximum absolute atomic E-state index is 12.5. The maximum Gasteiger partial charge on any atom is 0.255 e. The van der Waals surface area contributed by atoms with Gasteiger partial charge in [-0.2, -0.15) is 0 Å². The Balaban J connectivity index is 1.54. The van der Waals surface area contributed by atoms with E-state index in [0.717, 1.165) is 18.5 Å². The van der Waals surface area contributed by atoms with E-state index >= 15 is 0 Å². The van der Waals surface area contributed by atoms with Crippen molar-refractivity contribution in [3.63, 3.8) is 0 Å². The van der Waals surface area contributed by atoms with Gasteiger partial charge in [0.25, 0.3) is 5.91 Å². The van der Waals surface area contributed by atoms with Crippen molar-refractivity contribution in [2.24, 2.45) is 0 Å². The van der Waals surface area contributed by atoms with Gasteiger partial charge in [-0.3, -0.25) is 9.69 Å². The van der Waals surface area contributed by atoms with Crippen LogP contribution >= 0.6 is 0 Å². The fourth-order valence-electron chi connectivity index (χ4n) is 4.97. The Morgan fingerprint density at radius 2 is 1.93 bits per heavy atom. The normalized spacial score (nSPS) is 22.4. The number of amides is 1. The summed E-state index contributed by atoms with van der Waals surface area (Å²) in [6.45, 7) is 4.74. The van der Waals surface area contributed by atoms with Gasteiger partial charge >= 0.3 is 0 Å². The Labute approximate surface area is 162 Å². The molecule has 4 rings (SSSR count). The van der Waals surface area contributed by atoms with Crippen molar-refractivity contribution < 1.29 is 4.79 Å². The zero-order valence-corrected chi connectivity index (χ0v) is 16.3. The molecule has 1 N–H and O–H groups in total. The fourth-order valence-corrected chi connectivity index (χ4v) is 4.97. The fraction of sp³-hybridized carbons (Fsp3) is 0.458. The van der Waals surface area contributed by atoms with Crippen molar-refractivity contribution >= 4 is 11.6 Å². The van der Waals surface area contributed by atoms with Gasteiger partial charge < -0.3 is 5.32 Å². The first-order valence-electron chi connectivity index (χ1n) is 10.4. The first-order valence-corrected chi connectivity index (χ1v) is 10.4. The van der Waals surface area contributed by atoms with Crippen LogP contribution in [0.15, 0.2) is 48.5 Å². The molecule has 1 aliphatic carbocycles. The maximum atomic E-state index is 12.5. The lowest BCUT2D eigenvalue weighted by Gasteiger charge is -2.50. The van der Waals surface area contributed by atoms with E-state index < -0.39 is 0 Å². The lowest BCUT2D eigenvalue weighted by Crippen LogP contribution is -2.55. The molecule has 2 aromatic rings. The zero-order valence-electron chi connectivity index (χ0n) is 16.3. The molecule has 2 aromatic carbocycles. The molecular weight excluding hydrogens is 332 g/mol. The molecule has 0 bridgehead atoms. The number of hydrogen-bond donors (Lipinski definition) is 1. The van der Waals surface area contributed by atoms with Gasteiger partial charge in [0.05, 0.1) is 0 Å². The summed E-state index contributed by atoms with van der Waals surface area (Å²) < 4.78 is 0. The summed E-state index contributed by atoms with van der Waals surface area (Å²) in [5, 5.41) is 3.08. The average Bonchev–Trinajstić information content (AvgIpc) is 2.70.